The van der Waals surface area contributed by atoms with Gasteiger partial charge in [-0.2, -0.15) is 0 Å². The second-order valence-electron chi connectivity index (χ2n) is 4.81. The van der Waals surface area contributed by atoms with Crippen LogP contribution in [0.25, 0.3) is 10.6 Å². The molecule has 0 unspecified atom stereocenters. The van der Waals surface area contributed by atoms with Crippen LogP contribution < -0.4 is 5.32 Å². The van der Waals surface area contributed by atoms with E-state index in [-0.39, 0.29) is 5.91 Å². The quantitative estimate of drug-likeness (QED) is 0.706. The standard InChI is InChI=1S/C16H11Cl2N3OS/c1-9-4-2-3-5-11(9)14(22)19-16-21-20-15(23-16)12-7-6-10(17)8-13(12)18/h2-8H,1H3,(H,19,21,22). The van der Waals surface area contributed by atoms with Crippen molar-refractivity contribution < 1.29 is 4.79 Å². The number of hydrogen-bond acceptors (Lipinski definition) is 4. The third-order valence-corrected chi connectivity index (χ3v) is 4.62. The fraction of sp³-hybridized carbons (Fsp3) is 0.0625. The molecular formula is C16H11Cl2N3OS. The zero-order valence-corrected chi connectivity index (χ0v) is 14.3. The molecule has 1 heterocycles. The van der Waals surface area contributed by atoms with Crippen LogP contribution in [0.2, 0.25) is 10.0 Å². The van der Waals surface area contributed by atoms with Crippen molar-refractivity contribution in [1.82, 2.24) is 10.2 Å². The monoisotopic (exact) mass is 363 g/mol. The number of hydrogen-bond donors (Lipinski definition) is 1. The number of benzene rings is 2. The second-order valence-corrected chi connectivity index (χ2v) is 6.63. The van der Waals surface area contributed by atoms with Gasteiger partial charge in [0.15, 0.2) is 5.01 Å². The van der Waals surface area contributed by atoms with Gasteiger partial charge < -0.3 is 0 Å². The fourth-order valence-electron chi connectivity index (χ4n) is 2.04. The Bertz CT molecular complexity index is 879. The topological polar surface area (TPSA) is 54.9 Å². The Morgan fingerprint density at radius 1 is 1.13 bits per heavy atom. The van der Waals surface area contributed by atoms with Crippen molar-refractivity contribution in [2.75, 3.05) is 5.32 Å². The summed E-state index contributed by atoms with van der Waals surface area (Å²) in [5.74, 6) is -0.215. The number of nitrogens with one attached hydrogen (secondary N) is 1. The molecule has 0 saturated heterocycles. The third kappa shape index (κ3) is 3.52. The summed E-state index contributed by atoms with van der Waals surface area (Å²) in [5, 5.41) is 12.9. The summed E-state index contributed by atoms with van der Waals surface area (Å²) in [4.78, 5) is 12.3. The normalized spacial score (nSPS) is 10.6. The number of anilines is 1. The van der Waals surface area contributed by atoms with Gasteiger partial charge in [-0.1, -0.05) is 52.7 Å². The van der Waals surface area contributed by atoms with Crippen molar-refractivity contribution in [2.45, 2.75) is 6.92 Å². The van der Waals surface area contributed by atoms with E-state index in [1.165, 1.54) is 11.3 Å². The number of nitrogens with zero attached hydrogens (tertiary/aromatic N) is 2. The van der Waals surface area contributed by atoms with Crippen molar-refractivity contribution in [3.05, 3.63) is 63.6 Å². The zero-order chi connectivity index (χ0) is 16.4. The minimum Gasteiger partial charge on any atom is -0.296 e. The van der Waals surface area contributed by atoms with Crippen LogP contribution in [0.4, 0.5) is 5.13 Å². The second kappa shape index (κ2) is 6.66. The number of carbonyl (C=O) groups is 1. The van der Waals surface area contributed by atoms with E-state index in [0.717, 1.165) is 11.1 Å². The number of carbonyl (C=O) groups excluding carboxylic acids is 1. The highest BCUT2D eigenvalue weighted by atomic mass is 35.5. The maximum absolute atomic E-state index is 12.3. The lowest BCUT2D eigenvalue weighted by Crippen LogP contribution is -2.12. The number of amides is 1. The first-order valence-corrected chi connectivity index (χ1v) is 8.28. The van der Waals surface area contributed by atoms with Crippen LogP contribution in [0.3, 0.4) is 0 Å². The molecule has 3 aromatic rings. The summed E-state index contributed by atoms with van der Waals surface area (Å²) in [7, 11) is 0. The molecule has 0 saturated carbocycles. The molecule has 0 aliphatic carbocycles. The summed E-state index contributed by atoms with van der Waals surface area (Å²) in [6.07, 6.45) is 0. The van der Waals surface area contributed by atoms with Crippen molar-refractivity contribution in [2.24, 2.45) is 0 Å². The van der Waals surface area contributed by atoms with Crippen LogP contribution in [-0.4, -0.2) is 16.1 Å². The number of aromatic nitrogens is 2. The maximum Gasteiger partial charge on any atom is 0.257 e. The Labute approximate surface area is 147 Å². The van der Waals surface area contributed by atoms with Gasteiger partial charge in [0.05, 0.1) is 5.02 Å². The minimum absolute atomic E-state index is 0.215. The van der Waals surface area contributed by atoms with Crippen LogP contribution in [0.15, 0.2) is 42.5 Å². The Morgan fingerprint density at radius 3 is 2.65 bits per heavy atom. The highest BCUT2D eigenvalue weighted by molar-refractivity contribution is 7.18. The number of halogens is 2. The van der Waals surface area contributed by atoms with Crippen molar-refractivity contribution in [3.63, 3.8) is 0 Å². The predicted octanol–water partition coefficient (Wildman–Crippen LogP) is 5.07. The molecule has 116 valence electrons. The van der Waals surface area contributed by atoms with Gasteiger partial charge in [-0.15, -0.1) is 10.2 Å². The van der Waals surface area contributed by atoms with Crippen molar-refractivity contribution >= 4 is 45.6 Å². The lowest BCUT2D eigenvalue weighted by molar-refractivity contribution is 0.102. The Balaban J connectivity index is 1.82. The lowest BCUT2D eigenvalue weighted by atomic mass is 10.1. The number of aryl methyl sites for hydroxylation is 1. The van der Waals surface area contributed by atoms with Gasteiger partial charge >= 0.3 is 0 Å². The van der Waals surface area contributed by atoms with Crippen LogP contribution in [0, 0.1) is 6.92 Å². The van der Waals surface area contributed by atoms with Gasteiger partial charge in [0.2, 0.25) is 5.13 Å². The molecule has 1 aromatic heterocycles. The molecule has 0 radical (unpaired) electrons. The molecule has 0 bridgehead atoms. The first kappa shape index (κ1) is 15.9. The average Bonchev–Trinajstić information content (AvgIpc) is 2.95. The van der Waals surface area contributed by atoms with Crippen molar-refractivity contribution in [3.8, 4) is 10.6 Å². The van der Waals surface area contributed by atoms with E-state index in [0.29, 0.717) is 25.7 Å². The molecule has 0 aliphatic rings. The van der Waals surface area contributed by atoms with E-state index >= 15 is 0 Å². The van der Waals surface area contributed by atoms with Gasteiger partial charge in [0, 0.05) is 16.1 Å². The molecule has 2 aromatic carbocycles. The van der Waals surface area contributed by atoms with Crippen LogP contribution >= 0.6 is 34.5 Å². The predicted molar refractivity (Wildman–Crippen MR) is 94.5 cm³/mol. The van der Waals surface area contributed by atoms with E-state index in [1.54, 1.807) is 24.3 Å². The molecule has 1 N–H and O–H groups in total. The maximum atomic E-state index is 12.3. The van der Waals surface area contributed by atoms with Gasteiger partial charge in [0.25, 0.3) is 5.91 Å². The molecular weight excluding hydrogens is 353 g/mol. The van der Waals surface area contributed by atoms with Gasteiger partial charge in [-0.25, -0.2) is 0 Å². The van der Waals surface area contributed by atoms with Crippen molar-refractivity contribution in [1.29, 1.82) is 0 Å². The van der Waals surface area contributed by atoms with Gasteiger partial charge in [-0.05, 0) is 36.8 Å². The van der Waals surface area contributed by atoms with Gasteiger partial charge in [0.1, 0.15) is 0 Å². The molecule has 0 aliphatic heterocycles. The molecule has 0 spiro atoms. The lowest BCUT2D eigenvalue weighted by Gasteiger charge is -2.04. The Morgan fingerprint density at radius 2 is 1.91 bits per heavy atom. The highest BCUT2D eigenvalue weighted by Crippen LogP contribution is 2.33. The molecule has 7 heteroatoms. The zero-order valence-electron chi connectivity index (χ0n) is 12.0. The highest BCUT2D eigenvalue weighted by Gasteiger charge is 2.14. The van der Waals surface area contributed by atoms with Crippen LogP contribution in [-0.2, 0) is 0 Å². The van der Waals surface area contributed by atoms with E-state index in [9.17, 15) is 4.79 Å². The average molecular weight is 364 g/mol. The van der Waals surface area contributed by atoms with E-state index in [4.69, 9.17) is 23.2 Å². The van der Waals surface area contributed by atoms with Gasteiger partial charge in [-0.3, -0.25) is 10.1 Å². The summed E-state index contributed by atoms with van der Waals surface area (Å²) in [6, 6.07) is 12.5. The minimum atomic E-state index is -0.215. The summed E-state index contributed by atoms with van der Waals surface area (Å²) < 4.78 is 0. The molecule has 0 atom stereocenters. The first-order valence-electron chi connectivity index (χ1n) is 6.70. The van der Waals surface area contributed by atoms with E-state index in [1.807, 2.05) is 25.1 Å². The molecule has 1 amide bonds. The molecule has 4 nitrogen and oxygen atoms in total. The Hall–Kier alpha value is -1.95. The SMILES string of the molecule is Cc1ccccc1C(=O)Nc1nnc(-c2ccc(Cl)cc2Cl)s1. The first-order chi connectivity index (χ1) is 11.0. The number of rotatable bonds is 3. The smallest absolute Gasteiger partial charge is 0.257 e. The molecule has 0 fully saturated rings. The van der Waals surface area contributed by atoms with E-state index < -0.39 is 0 Å². The molecule has 23 heavy (non-hydrogen) atoms. The summed E-state index contributed by atoms with van der Waals surface area (Å²) in [6.45, 7) is 1.88. The summed E-state index contributed by atoms with van der Waals surface area (Å²) >= 11 is 13.3. The summed E-state index contributed by atoms with van der Waals surface area (Å²) in [5.41, 5.74) is 2.23. The van der Waals surface area contributed by atoms with E-state index in [2.05, 4.69) is 15.5 Å². The fourth-order valence-corrected chi connectivity index (χ4v) is 3.37. The molecule has 3 rings (SSSR count). The van der Waals surface area contributed by atoms with Crippen LogP contribution in [0.5, 0.6) is 0 Å². The largest absolute Gasteiger partial charge is 0.296 e. The van der Waals surface area contributed by atoms with Crippen LogP contribution in [0.1, 0.15) is 15.9 Å². The third-order valence-electron chi connectivity index (χ3n) is 3.20. The Kier molecular flexibility index (Phi) is 4.61.